The third kappa shape index (κ3) is 11.5. The van der Waals surface area contributed by atoms with Gasteiger partial charge in [0.05, 0.1) is 6.61 Å². The van der Waals surface area contributed by atoms with Crippen molar-refractivity contribution in [2.45, 2.75) is 104 Å². The van der Waals surface area contributed by atoms with Crippen LogP contribution in [0.2, 0.25) is 0 Å². The van der Waals surface area contributed by atoms with E-state index in [4.69, 9.17) is 9.47 Å². The Kier molecular flexibility index (Phi) is 14.2. The highest BCUT2D eigenvalue weighted by molar-refractivity contribution is 5.73. The summed E-state index contributed by atoms with van der Waals surface area (Å²) in [6.45, 7) is 7.54. The third-order valence-electron chi connectivity index (χ3n) is 7.33. The minimum absolute atomic E-state index is 0.163. The molecule has 0 saturated carbocycles. The van der Waals surface area contributed by atoms with Crippen molar-refractivity contribution in [1.29, 1.82) is 0 Å². The Balaban J connectivity index is 1.40. The summed E-state index contributed by atoms with van der Waals surface area (Å²) in [5, 5.41) is 0. The maximum Gasteiger partial charge on any atom is 0.311 e. The zero-order chi connectivity index (χ0) is 28.4. The lowest BCUT2D eigenvalue weighted by Gasteiger charge is -2.11. The molecule has 40 heavy (non-hydrogen) atoms. The summed E-state index contributed by atoms with van der Waals surface area (Å²) in [5.41, 5.74) is 2.84. The number of benzene rings is 2. The second kappa shape index (κ2) is 18.2. The van der Waals surface area contributed by atoms with Gasteiger partial charge in [0, 0.05) is 29.9 Å². The molecule has 0 radical (unpaired) electrons. The van der Waals surface area contributed by atoms with Crippen LogP contribution in [-0.2, 0) is 4.79 Å². The molecule has 0 spiro atoms. The Bertz CT molecular complexity index is 1090. The molecule has 5 heteroatoms. The molecule has 0 aliphatic rings. The number of ether oxygens (including phenoxy) is 2. The summed E-state index contributed by atoms with van der Waals surface area (Å²) >= 11 is 0. The molecule has 3 aromatic rings. The van der Waals surface area contributed by atoms with E-state index in [0.29, 0.717) is 18.0 Å². The number of aromatic nitrogens is 2. The molecule has 0 saturated heterocycles. The van der Waals surface area contributed by atoms with Crippen LogP contribution in [0.1, 0.15) is 104 Å². The second-order valence-corrected chi connectivity index (χ2v) is 10.9. The smallest absolute Gasteiger partial charge is 0.311 e. The fraction of sp³-hybridized carbons (Fsp3) is 0.514. The van der Waals surface area contributed by atoms with Crippen LogP contribution in [0.25, 0.3) is 22.5 Å². The Morgan fingerprint density at radius 2 is 1.25 bits per heavy atom. The monoisotopic (exact) mass is 544 g/mol. The molecule has 0 amide bonds. The number of nitrogens with zero attached hydrogens (tertiary/aromatic N) is 2. The third-order valence-corrected chi connectivity index (χ3v) is 7.33. The Labute approximate surface area is 241 Å². The van der Waals surface area contributed by atoms with Crippen LogP contribution in [-0.4, -0.2) is 22.5 Å². The summed E-state index contributed by atoms with van der Waals surface area (Å²) in [7, 11) is 0. The molecule has 1 aromatic heterocycles. The van der Waals surface area contributed by atoms with Gasteiger partial charge in [0.1, 0.15) is 11.5 Å². The quantitative estimate of drug-likeness (QED) is 0.0853. The minimum Gasteiger partial charge on any atom is -0.494 e. The van der Waals surface area contributed by atoms with E-state index in [1.54, 1.807) is 0 Å². The van der Waals surface area contributed by atoms with Gasteiger partial charge < -0.3 is 9.47 Å². The number of esters is 1. The molecule has 0 N–H and O–H groups in total. The first kappa shape index (κ1) is 31.3. The zero-order valence-electron chi connectivity index (χ0n) is 24.9. The van der Waals surface area contributed by atoms with Gasteiger partial charge >= 0.3 is 5.97 Å². The summed E-state index contributed by atoms with van der Waals surface area (Å²) < 4.78 is 11.4. The van der Waals surface area contributed by atoms with Crippen molar-refractivity contribution in [3.63, 3.8) is 0 Å². The second-order valence-electron chi connectivity index (χ2n) is 10.9. The molecular weight excluding hydrogens is 496 g/mol. The van der Waals surface area contributed by atoms with Gasteiger partial charge in [-0.1, -0.05) is 97.1 Å². The molecule has 1 atom stereocenters. The van der Waals surface area contributed by atoms with Crippen molar-refractivity contribution in [2.75, 3.05) is 6.61 Å². The van der Waals surface area contributed by atoms with E-state index in [9.17, 15) is 4.79 Å². The fourth-order valence-corrected chi connectivity index (χ4v) is 4.77. The van der Waals surface area contributed by atoms with Crippen LogP contribution in [0.15, 0.2) is 60.9 Å². The normalized spacial score (nSPS) is 11.8. The van der Waals surface area contributed by atoms with Crippen molar-refractivity contribution < 1.29 is 14.3 Å². The predicted molar refractivity (Wildman–Crippen MR) is 165 cm³/mol. The summed E-state index contributed by atoms with van der Waals surface area (Å²) in [6, 6.07) is 15.5. The summed E-state index contributed by atoms with van der Waals surface area (Å²) in [4.78, 5) is 21.4. The average molecular weight is 545 g/mol. The molecule has 1 unspecified atom stereocenters. The lowest BCUT2D eigenvalue weighted by molar-refractivity contribution is -0.134. The number of unbranched alkanes of at least 4 members (excludes halogenated alkanes) is 7. The topological polar surface area (TPSA) is 61.3 Å². The highest BCUT2D eigenvalue weighted by Gasteiger charge is 2.08. The van der Waals surface area contributed by atoms with Gasteiger partial charge in [-0.3, -0.25) is 4.79 Å². The number of carbonyl (C=O) groups is 1. The number of rotatable bonds is 19. The molecule has 2 aromatic carbocycles. The van der Waals surface area contributed by atoms with E-state index in [2.05, 4.69) is 30.7 Å². The first-order chi connectivity index (χ1) is 19.6. The average Bonchev–Trinajstić information content (AvgIpc) is 2.98. The maximum absolute atomic E-state index is 12.3. The van der Waals surface area contributed by atoms with Gasteiger partial charge in [0.15, 0.2) is 5.82 Å². The van der Waals surface area contributed by atoms with Gasteiger partial charge in [-0.05, 0) is 60.7 Å². The highest BCUT2D eigenvalue weighted by atomic mass is 16.5. The lowest BCUT2D eigenvalue weighted by Crippen LogP contribution is -2.07. The maximum atomic E-state index is 12.3. The van der Waals surface area contributed by atoms with Crippen LogP contribution in [0.5, 0.6) is 11.5 Å². The van der Waals surface area contributed by atoms with Gasteiger partial charge in [-0.25, -0.2) is 9.97 Å². The van der Waals surface area contributed by atoms with Crippen LogP contribution in [0.3, 0.4) is 0 Å². The molecule has 0 aliphatic heterocycles. The van der Waals surface area contributed by atoms with E-state index in [1.807, 2.05) is 60.9 Å². The lowest BCUT2D eigenvalue weighted by atomic mass is 9.96. The molecule has 5 nitrogen and oxygen atoms in total. The molecule has 0 fully saturated rings. The van der Waals surface area contributed by atoms with Crippen molar-refractivity contribution in [3.8, 4) is 34.0 Å². The first-order valence-corrected chi connectivity index (χ1v) is 15.5. The van der Waals surface area contributed by atoms with Crippen molar-refractivity contribution in [2.24, 2.45) is 5.92 Å². The minimum atomic E-state index is -0.163. The van der Waals surface area contributed by atoms with Crippen LogP contribution >= 0.6 is 0 Å². The first-order valence-electron chi connectivity index (χ1n) is 15.5. The van der Waals surface area contributed by atoms with Crippen LogP contribution < -0.4 is 9.47 Å². The molecule has 0 aliphatic carbocycles. The van der Waals surface area contributed by atoms with E-state index in [1.165, 1.54) is 57.8 Å². The largest absolute Gasteiger partial charge is 0.494 e. The Hall–Kier alpha value is -3.21. The molecule has 216 valence electrons. The zero-order valence-corrected chi connectivity index (χ0v) is 24.9. The van der Waals surface area contributed by atoms with Crippen molar-refractivity contribution in [1.82, 2.24) is 9.97 Å². The fourth-order valence-electron chi connectivity index (χ4n) is 4.77. The van der Waals surface area contributed by atoms with Crippen molar-refractivity contribution >= 4 is 5.97 Å². The van der Waals surface area contributed by atoms with Crippen molar-refractivity contribution in [3.05, 3.63) is 60.9 Å². The van der Waals surface area contributed by atoms with Gasteiger partial charge in [0.2, 0.25) is 0 Å². The molecule has 0 bridgehead atoms. The summed E-state index contributed by atoms with van der Waals surface area (Å²) in [5.74, 6) is 2.70. The van der Waals surface area contributed by atoms with Crippen LogP contribution in [0, 0.1) is 5.92 Å². The van der Waals surface area contributed by atoms with Crippen LogP contribution in [0.4, 0.5) is 0 Å². The number of hydrogen-bond donors (Lipinski definition) is 0. The predicted octanol–water partition coefficient (Wildman–Crippen LogP) is 9.84. The molecule has 3 rings (SSSR count). The van der Waals surface area contributed by atoms with Gasteiger partial charge in [-0.2, -0.15) is 0 Å². The number of hydrogen-bond acceptors (Lipinski definition) is 5. The number of carbonyl (C=O) groups excluding carboxylic acids is 1. The summed E-state index contributed by atoms with van der Waals surface area (Å²) in [6.07, 6.45) is 18.6. The highest BCUT2D eigenvalue weighted by Crippen LogP contribution is 2.25. The van der Waals surface area contributed by atoms with Gasteiger partial charge in [-0.15, -0.1) is 0 Å². The Morgan fingerprint density at radius 1 is 0.675 bits per heavy atom. The molecule has 1 heterocycles. The van der Waals surface area contributed by atoms with E-state index in [-0.39, 0.29) is 5.97 Å². The molecular formula is C35H48N2O3. The Morgan fingerprint density at radius 3 is 1.90 bits per heavy atom. The van der Waals surface area contributed by atoms with Gasteiger partial charge in [0.25, 0.3) is 0 Å². The van der Waals surface area contributed by atoms with E-state index >= 15 is 0 Å². The van der Waals surface area contributed by atoms with E-state index in [0.717, 1.165) is 54.2 Å². The van der Waals surface area contributed by atoms with E-state index < -0.39 is 0 Å². The standard InChI is InChI=1S/C35H48N2O3/c1-4-6-8-10-14-28(3)15-11-12-16-34(38)40-33-23-17-29(18-24-33)31-26-36-35(37-27-31)30-19-21-32(22-20-30)39-25-13-9-7-5-2/h17-24,26-28H,4-16,25H2,1-3H3. The SMILES string of the molecule is CCCCCCOc1ccc(-c2ncc(-c3ccc(OC(=O)CCCCC(C)CCCCCC)cc3)cn2)cc1.